The second kappa shape index (κ2) is 10.9. The van der Waals surface area contributed by atoms with Crippen molar-refractivity contribution in [1.82, 2.24) is 10.2 Å². The lowest BCUT2D eigenvalue weighted by Crippen LogP contribution is -2.31. The van der Waals surface area contributed by atoms with E-state index in [-0.39, 0.29) is 25.3 Å². The summed E-state index contributed by atoms with van der Waals surface area (Å²) in [5, 5.41) is 24.3. The normalized spacial score (nSPS) is 15.7. The summed E-state index contributed by atoms with van der Waals surface area (Å²) in [5.41, 5.74) is 3.83. The molecule has 176 valence electrons. The van der Waals surface area contributed by atoms with Crippen molar-refractivity contribution < 1.29 is 24.6 Å². The molecule has 2 aromatic rings. The molecule has 0 radical (unpaired) electrons. The molecular formula is C23H25Cl2N3O5. The molecule has 10 heteroatoms. The van der Waals surface area contributed by atoms with Crippen molar-refractivity contribution >= 4 is 46.9 Å². The number of anilines is 1. The van der Waals surface area contributed by atoms with Gasteiger partial charge in [-0.05, 0) is 60.8 Å². The van der Waals surface area contributed by atoms with Crippen LogP contribution in [0.25, 0.3) is 0 Å². The third-order valence-corrected chi connectivity index (χ3v) is 6.17. The van der Waals surface area contributed by atoms with Crippen LogP contribution in [0.15, 0.2) is 36.4 Å². The number of carboxylic acids is 2. The van der Waals surface area contributed by atoms with Crippen LogP contribution in [0.4, 0.5) is 10.5 Å². The van der Waals surface area contributed by atoms with Crippen molar-refractivity contribution in [1.29, 1.82) is 0 Å². The number of urea groups is 1. The van der Waals surface area contributed by atoms with Gasteiger partial charge in [-0.25, -0.2) is 4.79 Å². The van der Waals surface area contributed by atoms with E-state index in [1.165, 1.54) is 0 Å². The lowest BCUT2D eigenvalue weighted by atomic mass is 9.85. The number of carbonyl (C=O) groups is 3. The van der Waals surface area contributed by atoms with E-state index in [1.807, 2.05) is 25.2 Å². The molecule has 4 N–H and O–H groups in total. The Kier molecular flexibility index (Phi) is 8.18. The van der Waals surface area contributed by atoms with Gasteiger partial charge in [0.05, 0.1) is 0 Å². The van der Waals surface area contributed by atoms with Gasteiger partial charge in [0.1, 0.15) is 0 Å². The molecule has 0 saturated carbocycles. The fourth-order valence-corrected chi connectivity index (χ4v) is 4.53. The zero-order valence-corrected chi connectivity index (χ0v) is 19.5. The topological polar surface area (TPSA) is 119 Å². The van der Waals surface area contributed by atoms with Gasteiger partial charge in [0.15, 0.2) is 5.92 Å². The Morgan fingerprint density at radius 1 is 1.12 bits per heavy atom. The molecule has 1 unspecified atom stereocenters. The Balaban J connectivity index is 1.58. The van der Waals surface area contributed by atoms with Crippen LogP contribution in [0.5, 0.6) is 0 Å². The van der Waals surface area contributed by atoms with Crippen LogP contribution in [0.1, 0.15) is 35.4 Å². The minimum Gasteiger partial charge on any atom is -0.481 e. The van der Waals surface area contributed by atoms with Crippen LogP contribution >= 0.6 is 23.2 Å². The molecule has 2 aromatic carbocycles. The highest BCUT2D eigenvalue weighted by atomic mass is 35.5. The fraction of sp³-hybridized carbons (Fsp3) is 0.348. The fourth-order valence-electron chi connectivity index (χ4n) is 3.97. The molecule has 1 aliphatic heterocycles. The Bertz CT molecular complexity index is 1030. The van der Waals surface area contributed by atoms with Gasteiger partial charge in [-0.3, -0.25) is 9.59 Å². The number of carbonyl (C=O) groups excluding carboxylic acids is 1. The van der Waals surface area contributed by atoms with Crippen molar-refractivity contribution in [2.75, 3.05) is 25.5 Å². The van der Waals surface area contributed by atoms with E-state index in [4.69, 9.17) is 33.4 Å². The average molecular weight is 494 g/mol. The number of rotatable bonds is 8. The smallest absolute Gasteiger partial charge is 0.319 e. The molecule has 0 saturated heterocycles. The summed E-state index contributed by atoms with van der Waals surface area (Å²) < 4.78 is 0. The Morgan fingerprint density at radius 3 is 2.42 bits per heavy atom. The minimum absolute atomic E-state index is 0.0645. The quantitative estimate of drug-likeness (QED) is 0.322. The third-order valence-electron chi connectivity index (χ3n) is 5.61. The number of halogens is 2. The summed E-state index contributed by atoms with van der Waals surface area (Å²) in [7, 11) is 2.04. The highest BCUT2D eigenvalue weighted by molar-refractivity contribution is 6.35. The number of carboxylic acid groups (broad SMARTS) is 2. The first kappa shape index (κ1) is 24.8. The maximum Gasteiger partial charge on any atom is 0.319 e. The van der Waals surface area contributed by atoms with E-state index in [9.17, 15) is 14.4 Å². The number of hydrogen-bond acceptors (Lipinski definition) is 4. The first-order chi connectivity index (χ1) is 15.7. The number of hydrogen-bond donors (Lipinski definition) is 4. The number of benzene rings is 2. The van der Waals surface area contributed by atoms with E-state index in [0.717, 1.165) is 29.8 Å². The van der Waals surface area contributed by atoms with Gasteiger partial charge < -0.3 is 25.7 Å². The van der Waals surface area contributed by atoms with Crippen LogP contribution in [-0.2, 0) is 16.1 Å². The number of amides is 2. The standard InChI is InChI=1S/C23H25Cl2N3O5/c1-28-11-18(17-9-14(24)10-20(25)19(17)12-28)13-4-6-15(7-5-13)27-23(33)26-8-2-3-16(21(29)30)22(31)32/h4-7,9-10,16,18H,2-3,8,11-12H2,1H3,(H,29,30)(H,31,32)(H2,26,27,33). The number of aliphatic carboxylic acids is 2. The lowest BCUT2D eigenvalue weighted by Gasteiger charge is -2.33. The third kappa shape index (κ3) is 6.37. The first-order valence-electron chi connectivity index (χ1n) is 10.4. The second-order valence-corrected chi connectivity index (χ2v) is 8.92. The number of fused-ring (bicyclic) bond motifs is 1. The van der Waals surface area contributed by atoms with Gasteiger partial charge >= 0.3 is 18.0 Å². The molecule has 0 aromatic heterocycles. The van der Waals surface area contributed by atoms with Crippen molar-refractivity contribution in [2.24, 2.45) is 5.92 Å². The highest BCUT2D eigenvalue weighted by Gasteiger charge is 2.27. The molecule has 0 bridgehead atoms. The predicted molar refractivity (Wildman–Crippen MR) is 126 cm³/mol. The minimum atomic E-state index is -1.48. The molecule has 0 fully saturated rings. The summed E-state index contributed by atoms with van der Waals surface area (Å²) >= 11 is 12.7. The van der Waals surface area contributed by atoms with Gasteiger partial charge in [-0.2, -0.15) is 0 Å². The van der Waals surface area contributed by atoms with Crippen LogP contribution in [0.2, 0.25) is 10.0 Å². The molecule has 33 heavy (non-hydrogen) atoms. The van der Waals surface area contributed by atoms with Gasteiger partial charge in [0.2, 0.25) is 0 Å². The SMILES string of the molecule is CN1Cc2c(Cl)cc(Cl)cc2C(c2ccc(NC(=O)NCCCC(C(=O)O)C(=O)O)cc2)C1. The van der Waals surface area contributed by atoms with Crippen molar-refractivity contribution in [3.8, 4) is 0 Å². The van der Waals surface area contributed by atoms with Crippen LogP contribution in [-0.4, -0.2) is 53.2 Å². The maximum atomic E-state index is 12.1. The van der Waals surface area contributed by atoms with Crippen molar-refractivity contribution in [3.63, 3.8) is 0 Å². The Hall–Kier alpha value is -2.81. The molecular weight excluding hydrogens is 469 g/mol. The van der Waals surface area contributed by atoms with Gasteiger partial charge in [-0.15, -0.1) is 0 Å². The summed E-state index contributed by atoms with van der Waals surface area (Å²) in [6.45, 7) is 1.72. The second-order valence-electron chi connectivity index (χ2n) is 8.08. The molecule has 1 heterocycles. The summed E-state index contributed by atoms with van der Waals surface area (Å²) in [4.78, 5) is 36.1. The van der Waals surface area contributed by atoms with Crippen LogP contribution in [0.3, 0.4) is 0 Å². The van der Waals surface area contributed by atoms with Crippen molar-refractivity contribution in [3.05, 3.63) is 63.1 Å². The van der Waals surface area contributed by atoms with E-state index in [1.54, 1.807) is 18.2 Å². The number of nitrogens with zero attached hydrogens (tertiary/aromatic N) is 1. The highest BCUT2D eigenvalue weighted by Crippen LogP contribution is 2.38. The first-order valence-corrected chi connectivity index (χ1v) is 11.2. The zero-order valence-electron chi connectivity index (χ0n) is 18.0. The molecule has 1 aliphatic rings. The van der Waals surface area contributed by atoms with Crippen molar-refractivity contribution in [2.45, 2.75) is 25.3 Å². The maximum absolute atomic E-state index is 12.1. The van der Waals surface area contributed by atoms with E-state index in [2.05, 4.69) is 15.5 Å². The van der Waals surface area contributed by atoms with Crippen LogP contribution < -0.4 is 10.6 Å². The summed E-state index contributed by atoms with van der Waals surface area (Å²) in [6.07, 6.45) is 0.167. The number of nitrogens with one attached hydrogen (secondary N) is 2. The zero-order chi connectivity index (χ0) is 24.1. The predicted octanol–water partition coefficient (Wildman–Crippen LogP) is 4.26. The largest absolute Gasteiger partial charge is 0.481 e. The summed E-state index contributed by atoms with van der Waals surface area (Å²) in [5.74, 6) is -4.16. The van der Waals surface area contributed by atoms with Gasteiger partial charge in [0, 0.05) is 41.3 Å². The molecule has 3 rings (SSSR count). The monoisotopic (exact) mass is 493 g/mol. The molecule has 1 atom stereocenters. The number of likely N-dealkylation sites (N-methyl/N-ethyl adjacent to an activating group) is 1. The average Bonchev–Trinajstić information content (AvgIpc) is 2.73. The van der Waals surface area contributed by atoms with Gasteiger partial charge in [-0.1, -0.05) is 35.3 Å². The van der Waals surface area contributed by atoms with E-state index < -0.39 is 23.9 Å². The molecule has 0 spiro atoms. The van der Waals surface area contributed by atoms with Gasteiger partial charge in [0.25, 0.3) is 0 Å². The van der Waals surface area contributed by atoms with E-state index in [0.29, 0.717) is 15.7 Å². The van der Waals surface area contributed by atoms with E-state index >= 15 is 0 Å². The Labute approximate surface area is 201 Å². The van der Waals surface area contributed by atoms with Crippen LogP contribution in [0, 0.1) is 5.92 Å². The Morgan fingerprint density at radius 2 is 1.79 bits per heavy atom. The molecule has 8 nitrogen and oxygen atoms in total. The summed E-state index contributed by atoms with van der Waals surface area (Å²) in [6, 6.07) is 10.8. The molecule has 0 aliphatic carbocycles. The molecule has 2 amide bonds. The lowest BCUT2D eigenvalue weighted by molar-refractivity contribution is -0.154.